The summed E-state index contributed by atoms with van der Waals surface area (Å²) in [5, 5.41) is 9.71. The van der Waals surface area contributed by atoms with Gasteiger partial charge in [0.15, 0.2) is 0 Å². The van der Waals surface area contributed by atoms with Gasteiger partial charge in [-0.15, -0.1) is 11.6 Å². The fourth-order valence-corrected chi connectivity index (χ4v) is 1.73. The summed E-state index contributed by atoms with van der Waals surface area (Å²) in [5.41, 5.74) is 0.638. The van der Waals surface area contributed by atoms with Crippen LogP contribution in [-0.2, 0) is 6.42 Å². The molecule has 1 N–H and O–H groups in total. The molecule has 0 saturated carbocycles. The maximum absolute atomic E-state index is 13.0. The Bertz CT molecular complexity index is 317. The zero-order valence-corrected chi connectivity index (χ0v) is 9.73. The van der Waals surface area contributed by atoms with Crippen molar-refractivity contribution < 1.29 is 9.50 Å². The first kappa shape index (κ1) is 12.8. The number of alkyl halides is 1. The Balaban J connectivity index is 2.60. The average molecular weight is 251 g/mol. The van der Waals surface area contributed by atoms with E-state index in [1.807, 2.05) is 0 Å². The third kappa shape index (κ3) is 3.98. The molecule has 15 heavy (non-hydrogen) atoms. The van der Waals surface area contributed by atoms with Crippen molar-refractivity contribution >= 4 is 23.2 Å². The molecule has 0 aliphatic heterocycles. The van der Waals surface area contributed by atoms with Crippen molar-refractivity contribution in [1.29, 1.82) is 0 Å². The van der Waals surface area contributed by atoms with Crippen LogP contribution in [-0.4, -0.2) is 17.1 Å². The summed E-state index contributed by atoms with van der Waals surface area (Å²) >= 11 is 11.3. The second kappa shape index (κ2) is 6.31. The number of rotatable bonds is 5. The largest absolute Gasteiger partial charge is 0.393 e. The van der Waals surface area contributed by atoms with Crippen LogP contribution in [0.4, 0.5) is 4.39 Å². The lowest BCUT2D eigenvalue weighted by atomic mass is 10.0. The highest BCUT2D eigenvalue weighted by Gasteiger charge is 2.10. The van der Waals surface area contributed by atoms with Gasteiger partial charge < -0.3 is 5.11 Å². The SMILES string of the molecule is OC(CCCCl)Cc1cccc(F)c1Cl. The third-order valence-electron chi connectivity index (χ3n) is 2.16. The lowest BCUT2D eigenvalue weighted by Gasteiger charge is -2.11. The van der Waals surface area contributed by atoms with E-state index in [2.05, 4.69) is 0 Å². The van der Waals surface area contributed by atoms with E-state index in [1.165, 1.54) is 6.07 Å². The first-order valence-electron chi connectivity index (χ1n) is 4.82. The van der Waals surface area contributed by atoms with Gasteiger partial charge in [-0.1, -0.05) is 23.7 Å². The topological polar surface area (TPSA) is 20.2 Å². The number of hydrogen-bond donors (Lipinski definition) is 1. The molecule has 1 unspecified atom stereocenters. The summed E-state index contributed by atoms with van der Waals surface area (Å²) in [6.07, 6.45) is 1.21. The Hall–Kier alpha value is -0.310. The van der Waals surface area contributed by atoms with Gasteiger partial charge in [0.25, 0.3) is 0 Å². The maximum Gasteiger partial charge on any atom is 0.142 e. The minimum absolute atomic E-state index is 0.0995. The second-order valence-electron chi connectivity index (χ2n) is 3.40. The average Bonchev–Trinajstić information content (AvgIpc) is 2.22. The smallest absolute Gasteiger partial charge is 0.142 e. The number of hydrogen-bond acceptors (Lipinski definition) is 1. The van der Waals surface area contributed by atoms with E-state index in [0.717, 1.165) is 6.42 Å². The van der Waals surface area contributed by atoms with E-state index >= 15 is 0 Å². The molecule has 0 saturated heterocycles. The maximum atomic E-state index is 13.0. The van der Waals surface area contributed by atoms with Gasteiger partial charge in [-0.25, -0.2) is 4.39 Å². The number of aliphatic hydroxyl groups is 1. The van der Waals surface area contributed by atoms with Crippen molar-refractivity contribution in [2.24, 2.45) is 0 Å². The molecule has 0 aliphatic rings. The molecule has 0 amide bonds. The van der Waals surface area contributed by atoms with Crippen molar-refractivity contribution in [3.8, 4) is 0 Å². The zero-order chi connectivity index (χ0) is 11.3. The monoisotopic (exact) mass is 250 g/mol. The summed E-state index contributed by atoms with van der Waals surface area (Å²) in [4.78, 5) is 0. The van der Waals surface area contributed by atoms with Crippen LogP contribution in [0.1, 0.15) is 18.4 Å². The molecule has 1 aromatic carbocycles. The molecule has 1 aromatic rings. The lowest BCUT2D eigenvalue weighted by Crippen LogP contribution is -2.11. The molecule has 0 aliphatic carbocycles. The Labute approximate surface area is 98.8 Å². The predicted molar refractivity (Wildman–Crippen MR) is 61.1 cm³/mol. The van der Waals surface area contributed by atoms with Gasteiger partial charge in [-0.3, -0.25) is 0 Å². The van der Waals surface area contributed by atoms with Crippen LogP contribution in [0.25, 0.3) is 0 Å². The molecule has 1 atom stereocenters. The minimum Gasteiger partial charge on any atom is -0.393 e. The van der Waals surface area contributed by atoms with Gasteiger partial charge in [-0.05, 0) is 30.9 Å². The molecule has 4 heteroatoms. The van der Waals surface area contributed by atoms with E-state index in [-0.39, 0.29) is 5.02 Å². The molecule has 0 fully saturated rings. The van der Waals surface area contributed by atoms with Gasteiger partial charge in [0, 0.05) is 5.88 Å². The summed E-state index contributed by atoms with van der Waals surface area (Å²) in [7, 11) is 0. The van der Waals surface area contributed by atoms with Gasteiger partial charge in [0.05, 0.1) is 11.1 Å². The molecule has 0 spiro atoms. The van der Waals surface area contributed by atoms with Crippen LogP contribution < -0.4 is 0 Å². The second-order valence-corrected chi connectivity index (χ2v) is 4.16. The summed E-state index contributed by atoms with van der Waals surface area (Å²) in [6.45, 7) is 0. The van der Waals surface area contributed by atoms with Crippen molar-refractivity contribution in [3.63, 3.8) is 0 Å². The Morgan fingerprint density at radius 3 is 2.80 bits per heavy atom. The van der Waals surface area contributed by atoms with Crippen LogP contribution >= 0.6 is 23.2 Å². The Morgan fingerprint density at radius 1 is 1.40 bits per heavy atom. The molecule has 84 valence electrons. The van der Waals surface area contributed by atoms with E-state index in [9.17, 15) is 9.50 Å². The Morgan fingerprint density at radius 2 is 2.13 bits per heavy atom. The van der Waals surface area contributed by atoms with Gasteiger partial charge in [0.2, 0.25) is 0 Å². The van der Waals surface area contributed by atoms with Crippen molar-refractivity contribution in [2.75, 3.05) is 5.88 Å². The summed E-state index contributed by atoms with van der Waals surface area (Å²) in [6, 6.07) is 4.61. The van der Waals surface area contributed by atoms with Gasteiger partial charge in [0.1, 0.15) is 5.82 Å². The van der Waals surface area contributed by atoms with Gasteiger partial charge in [-0.2, -0.15) is 0 Å². The van der Waals surface area contributed by atoms with Crippen molar-refractivity contribution in [2.45, 2.75) is 25.4 Å². The standard InChI is InChI=1S/C11H13Cl2FO/c12-6-2-4-9(15)7-8-3-1-5-10(14)11(8)13/h1,3,5,9,15H,2,4,6-7H2. The van der Waals surface area contributed by atoms with E-state index in [1.54, 1.807) is 12.1 Å². The van der Waals surface area contributed by atoms with E-state index in [4.69, 9.17) is 23.2 Å². The van der Waals surface area contributed by atoms with Gasteiger partial charge >= 0.3 is 0 Å². The van der Waals surface area contributed by atoms with Crippen LogP contribution in [0.5, 0.6) is 0 Å². The quantitative estimate of drug-likeness (QED) is 0.795. The summed E-state index contributed by atoms with van der Waals surface area (Å²) in [5.74, 6) is 0.0761. The minimum atomic E-state index is -0.511. The number of benzene rings is 1. The molecule has 0 heterocycles. The highest BCUT2D eigenvalue weighted by Crippen LogP contribution is 2.21. The van der Waals surface area contributed by atoms with Crippen LogP contribution in [0, 0.1) is 5.82 Å². The van der Waals surface area contributed by atoms with Crippen LogP contribution in [0.15, 0.2) is 18.2 Å². The molecule has 0 aromatic heterocycles. The predicted octanol–water partition coefficient (Wildman–Crippen LogP) is 3.40. The lowest BCUT2D eigenvalue weighted by molar-refractivity contribution is 0.164. The third-order valence-corrected chi connectivity index (χ3v) is 2.85. The highest BCUT2D eigenvalue weighted by atomic mass is 35.5. The fraction of sp³-hybridized carbons (Fsp3) is 0.455. The molecular formula is C11H13Cl2FO. The molecular weight excluding hydrogens is 238 g/mol. The van der Waals surface area contributed by atoms with Crippen molar-refractivity contribution in [1.82, 2.24) is 0 Å². The zero-order valence-electron chi connectivity index (χ0n) is 8.22. The number of aliphatic hydroxyl groups excluding tert-OH is 1. The Kier molecular flexibility index (Phi) is 5.37. The highest BCUT2D eigenvalue weighted by molar-refractivity contribution is 6.31. The molecule has 1 rings (SSSR count). The van der Waals surface area contributed by atoms with Crippen molar-refractivity contribution in [3.05, 3.63) is 34.6 Å². The summed E-state index contributed by atoms with van der Waals surface area (Å²) < 4.78 is 13.0. The first-order valence-corrected chi connectivity index (χ1v) is 5.73. The number of halogens is 3. The first-order chi connectivity index (χ1) is 7.15. The molecule has 0 bridgehead atoms. The fourth-order valence-electron chi connectivity index (χ4n) is 1.37. The normalized spacial score (nSPS) is 12.8. The van der Waals surface area contributed by atoms with E-state index < -0.39 is 11.9 Å². The van der Waals surface area contributed by atoms with Crippen LogP contribution in [0.2, 0.25) is 5.02 Å². The van der Waals surface area contributed by atoms with Crippen LogP contribution in [0.3, 0.4) is 0 Å². The molecule has 0 radical (unpaired) electrons. The van der Waals surface area contributed by atoms with E-state index in [0.29, 0.717) is 24.3 Å². The molecule has 1 nitrogen and oxygen atoms in total.